The molecule has 0 spiro atoms. The molecule has 4 atom stereocenters. The second-order valence-corrected chi connectivity index (χ2v) is 8.16. The third-order valence-electron chi connectivity index (χ3n) is 4.73. The highest BCUT2D eigenvalue weighted by atomic mass is 32.2. The first-order valence-electron chi connectivity index (χ1n) is 6.64. The number of rotatable bonds is 4. The van der Waals surface area contributed by atoms with Crippen LogP contribution in [0.2, 0.25) is 0 Å². The Morgan fingerprint density at radius 1 is 1.28 bits per heavy atom. The van der Waals surface area contributed by atoms with Crippen LogP contribution in [0.25, 0.3) is 0 Å². The van der Waals surface area contributed by atoms with E-state index in [0.29, 0.717) is 18.4 Å². The van der Waals surface area contributed by atoms with Gasteiger partial charge in [-0.1, -0.05) is 0 Å². The minimum atomic E-state index is -2.94. The number of carbonyl (C=O) groups is 1. The molecule has 3 rings (SSSR count). The van der Waals surface area contributed by atoms with Crippen molar-refractivity contribution in [3.05, 3.63) is 0 Å². The molecule has 1 aliphatic heterocycles. The molecule has 1 heterocycles. The number of nitrogens with zero attached hydrogens (tertiary/aromatic N) is 1. The molecule has 3 fully saturated rings. The van der Waals surface area contributed by atoms with Crippen molar-refractivity contribution in [1.29, 1.82) is 0 Å². The van der Waals surface area contributed by atoms with Crippen LogP contribution in [-0.2, 0) is 14.6 Å². The van der Waals surface area contributed by atoms with Gasteiger partial charge in [-0.25, -0.2) is 8.42 Å². The minimum absolute atomic E-state index is 0.00588. The van der Waals surface area contributed by atoms with Gasteiger partial charge in [0, 0.05) is 12.1 Å². The van der Waals surface area contributed by atoms with E-state index in [1.165, 1.54) is 12.8 Å². The fourth-order valence-electron chi connectivity index (χ4n) is 3.80. The van der Waals surface area contributed by atoms with Gasteiger partial charge in [0.2, 0.25) is 0 Å². The highest BCUT2D eigenvalue weighted by Crippen LogP contribution is 2.54. The van der Waals surface area contributed by atoms with Crippen LogP contribution < -0.4 is 0 Å². The van der Waals surface area contributed by atoms with Crippen LogP contribution in [0, 0.1) is 11.8 Å². The summed E-state index contributed by atoms with van der Waals surface area (Å²) >= 11 is 0. The van der Waals surface area contributed by atoms with Crippen LogP contribution in [0.3, 0.4) is 0 Å². The van der Waals surface area contributed by atoms with E-state index in [1.807, 2.05) is 4.90 Å². The molecule has 1 N–H and O–H groups in total. The van der Waals surface area contributed by atoms with Crippen LogP contribution in [0.4, 0.5) is 0 Å². The first-order valence-corrected chi connectivity index (χ1v) is 8.46. The molecule has 2 aliphatic carbocycles. The number of carboxylic acids is 1. The van der Waals surface area contributed by atoms with Crippen LogP contribution in [0.5, 0.6) is 0 Å². The maximum Gasteiger partial charge on any atom is 0.317 e. The summed E-state index contributed by atoms with van der Waals surface area (Å²) in [6.45, 7) is -0.00588. The molecular formula is C12H19NO4S. The van der Waals surface area contributed by atoms with Crippen molar-refractivity contribution in [3.63, 3.8) is 0 Å². The lowest BCUT2D eigenvalue weighted by atomic mass is 10.1. The summed E-state index contributed by atoms with van der Waals surface area (Å²) in [5.74, 6) is 0.934. The van der Waals surface area contributed by atoms with Crippen molar-refractivity contribution in [2.75, 3.05) is 18.1 Å². The van der Waals surface area contributed by atoms with Gasteiger partial charge in [-0.05, 0) is 37.5 Å². The summed E-state index contributed by atoms with van der Waals surface area (Å²) in [5.41, 5.74) is 0. The Bertz CT molecular complexity index is 461. The van der Waals surface area contributed by atoms with Crippen molar-refractivity contribution < 1.29 is 18.3 Å². The SMILES string of the molecule is O=C(O)CN(C1CCS(=O)(=O)C1)C1CCC2CC21. The first kappa shape index (κ1) is 12.4. The largest absolute Gasteiger partial charge is 0.480 e. The van der Waals surface area contributed by atoms with E-state index in [1.54, 1.807) is 0 Å². The van der Waals surface area contributed by atoms with E-state index in [2.05, 4.69) is 0 Å². The molecule has 6 heteroatoms. The first-order chi connectivity index (χ1) is 8.46. The van der Waals surface area contributed by atoms with Gasteiger partial charge in [-0.2, -0.15) is 0 Å². The smallest absolute Gasteiger partial charge is 0.317 e. The Morgan fingerprint density at radius 2 is 2.06 bits per heavy atom. The Hall–Kier alpha value is -0.620. The van der Waals surface area contributed by atoms with E-state index in [0.717, 1.165) is 12.3 Å². The van der Waals surface area contributed by atoms with Crippen LogP contribution in [-0.4, -0.2) is 54.5 Å². The molecule has 0 bridgehead atoms. The highest BCUT2D eigenvalue weighted by Gasteiger charge is 2.52. The fraction of sp³-hybridized carbons (Fsp3) is 0.917. The van der Waals surface area contributed by atoms with Crippen molar-refractivity contribution in [1.82, 2.24) is 4.90 Å². The number of carboxylic acid groups (broad SMARTS) is 1. The molecule has 0 radical (unpaired) electrons. The van der Waals surface area contributed by atoms with E-state index < -0.39 is 15.8 Å². The lowest BCUT2D eigenvalue weighted by Gasteiger charge is -2.33. The van der Waals surface area contributed by atoms with Crippen molar-refractivity contribution in [3.8, 4) is 0 Å². The van der Waals surface area contributed by atoms with Gasteiger partial charge in [-0.15, -0.1) is 0 Å². The quantitative estimate of drug-likeness (QED) is 0.800. The summed E-state index contributed by atoms with van der Waals surface area (Å²) in [6, 6.07) is 0.236. The molecule has 0 aromatic carbocycles. The average Bonchev–Trinajstić information content (AvgIpc) is 2.78. The number of fused-ring (bicyclic) bond motifs is 1. The molecule has 2 saturated carbocycles. The van der Waals surface area contributed by atoms with Crippen LogP contribution in [0.1, 0.15) is 25.7 Å². The maximum atomic E-state index is 11.6. The van der Waals surface area contributed by atoms with E-state index in [9.17, 15) is 13.2 Å². The van der Waals surface area contributed by atoms with E-state index in [-0.39, 0.29) is 24.1 Å². The molecule has 5 nitrogen and oxygen atoms in total. The summed E-state index contributed by atoms with van der Waals surface area (Å²) in [5, 5.41) is 9.04. The highest BCUT2D eigenvalue weighted by molar-refractivity contribution is 7.91. The molecular weight excluding hydrogens is 254 g/mol. The number of aliphatic carboxylic acids is 1. The topological polar surface area (TPSA) is 74.7 Å². The number of hydrogen-bond donors (Lipinski definition) is 1. The number of sulfone groups is 1. The average molecular weight is 273 g/mol. The van der Waals surface area contributed by atoms with Gasteiger partial charge < -0.3 is 5.11 Å². The normalized spacial score (nSPS) is 40.9. The Morgan fingerprint density at radius 3 is 2.50 bits per heavy atom. The van der Waals surface area contributed by atoms with Gasteiger partial charge in [-0.3, -0.25) is 9.69 Å². The molecule has 3 aliphatic rings. The van der Waals surface area contributed by atoms with Gasteiger partial charge >= 0.3 is 5.97 Å². The molecule has 0 aromatic rings. The van der Waals surface area contributed by atoms with Crippen molar-refractivity contribution in [2.24, 2.45) is 11.8 Å². The Kier molecular flexibility index (Phi) is 2.90. The predicted octanol–water partition coefficient (Wildman–Crippen LogP) is 0.359. The Balaban J connectivity index is 1.75. The van der Waals surface area contributed by atoms with Crippen LogP contribution >= 0.6 is 0 Å². The predicted molar refractivity (Wildman–Crippen MR) is 66.0 cm³/mol. The summed E-state index contributed by atoms with van der Waals surface area (Å²) in [7, 11) is -2.94. The monoisotopic (exact) mass is 273 g/mol. The van der Waals surface area contributed by atoms with Gasteiger partial charge in [0.05, 0.1) is 18.1 Å². The van der Waals surface area contributed by atoms with Crippen molar-refractivity contribution in [2.45, 2.75) is 37.8 Å². The molecule has 18 heavy (non-hydrogen) atoms. The third kappa shape index (κ3) is 2.28. The summed E-state index contributed by atoms with van der Waals surface area (Å²) in [6.07, 6.45) is 4.04. The zero-order valence-corrected chi connectivity index (χ0v) is 11.1. The van der Waals surface area contributed by atoms with E-state index in [4.69, 9.17) is 5.11 Å². The Labute approximate surface area is 107 Å². The minimum Gasteiger partial charge on any atom is -0.480 e. The van der Waals surface area contributed by atoms with Gasteiger partial charge in [0.25, 0.3) is 0 Å². The third-order valence-corrected chi connectivity index (χ3v) is 6.48. The molecule has 4 unspecified atom stereocenters. The maximum absolute atomic E-state index is 11.6. The van der Waals surface area contributed by atoms with Gasteiger partial charge in [0.1, 0.15) is 0 Å². The second kappa shape index (κ2) is 4.20. The van der Waals surface area contributed by atoms with Crippen LogP contribution in [0.15, 0.2) is 0 Å². The molecule has 0 aromatic heterocycles. The van der Waals surface area contributed by atoms with E-state index >= 15 is 0 Å². The molecule has 102 valence electrons. The lowest BCUT2D eigenvalue weighted by molar-refractivity contribution is -0.139. The molecule has 1 saturated heterocycles. The zero-order chi connectivity index (χ0) is 12.9. The summed E-state index contributed by atoms with van der Waals surface area (Å²) < 4.78 is 23.1. The standard InChI is InChI=1S/C12H19NO4S/c14-12(15)6-13(9-3-4-18(16,17)7-9)11-2-1-8-5-10(8)11/h8-11H,1-7H2,(H,14,15). The van der Waals surface area contributed by atoms with Crippen molar-refractivity contribution >= 4 is 15.8 Å². The zero-order valence-electron chi connectivity index (χ0n) is 10.3. The molecule has 0 amide bonds. The fourth-order valence-corrected chi connectivity index (χ4v) is 5.54. The number of hydrogen-bond acceptors (Lipinski definition) is 4. The second-order valence-electron chi connectivity index (χ2n) is 5.93. The van der Waals surface area contributed by atoms with Gasteiger partial charge in [0.15, 0.2) is 9.84 Å². The summed E-state index contributed by atoms with van der Waals surface area (Å²) in [4.78, 5) is 13.0. The lowest BCUT2D eigenvalue weighted by Crippen LogP contribution is -2.47.